The number of aromatic amines is 1. The molecule has 9 heteroatoms. The molecule has 0 aromatic carbocycles. The van der Waals surface area contributed by atoms with Gasteiger partial charge in [-0.3, -0.25) is 29.6 Å². The molecule has 0 saturated heterocycles. The van der Waals surface area contributed by atoms with Crippen LogP contribution in [-0.4, -0.2) is 25.9 Å². The molecule has 1 aromatic heterocycles. The third-order valence-electron chi connectivity index (χ3n) is 2.18. The molecule has 100 valence electrons. The van der Waals surface area contributed by atoms with Crippen molar-refractivity contribution in [3.63, 3.8) is 0 Å². The van der Waals surface area contributed by atoms with Gasteiger partial charge in [0.2, 0.25) is 5.91 Å². The largest absolute Gasteiger partial charge is 0.339 e. The highest BCUT2D eigenvalue weighted by atomic mass is 32.2. The molecule has 1 unspecified atom stereocenters. The Balaban J connectivity index is 3.00. The number of rotatable bonds is 5. The van der Waals surface area contributed by atoms with E-state index >= 15 is 0 Å². The van der Waals surface area contributed by atoms with E-state index in [-0.39, 0.29) is 11.1 Å². The van der Waals surface area contributed by atoms with Gasteiger partial charge in [0.25, 0.3) is 0 Å². The van der Waals surface area contributed by atoms with Crippen LogP contribution < -0.4 is 22.4 Å². The molecule has 0 spiro atoms. The predicted molar refractivity (Wildman–Crippen MR) is 67.0 cm³/mol. The standard InChI is InChI=1S/C9H15N5O3S/c1-3-4-5(6(15)12-10)18-9-11-7(16)8(17)13-14(9)2/h5H,3-4,10H2,1-2H3,(H,12,15)(H,13,17). The van der Waals surface area contributed by atoms with E-state index in [9.17, 15) is 14.4 Å². The summed E-state index contributed by atoms with van der Waals surface area (Å²) in [6.45, 7) is 1.93. The molecule has 1 heterocycles. The Bertz CT molecular complexity index is 538. The van der Waals surface area contributed by atoms with Gasteiger partial charge in [-0.25, -0.2) is 5.84 Å². The first-order valence-corrected chi connectivity index (χ1v) is 6.22. The van der Waals surface area contributed by atoms with Crippen molar-refractivity contribution in [2.75, 3.05) is 0 Å². The van der Waals surface area contributed by atoms with Crippen molar-refractivity contribution in [3.05, 3.63) is 20.7 Å². The van der Waals surface area contributed by atoms with Crippen molar-refractivity contribution in [2.24, 2.45) is 12.9 Å². The number of carbonyl (C=O) groups is 1. The minimum atomic E-state index is -0.876. The van der Waals surface area contributed by atoms with Crippen molar-refractivity contribution in [3.8, 4) is 0 Å². The second kappa shape index (κ2) is 6.36. The van der Waals surface area contributed by atoms with Gasteiger partial charge in [0.15, 0.2) is 5.16 Å². The molecule has 0 aliphatic rings. The van der Waals surface area contributed by atoms with Gasteiger partial charge < -0.3 is 0 Å². The maximum absolute atomic E-state index is 11.5. The van der Waals surface area contributed by atoms with Crippen molar-refractivity contribution in [1.29, 1.82) is 0 Å². The fourth-order valence-corrected chi connectivity index (χ4v) is 2.41. The Morgan fingerprint density at radius 2 is 2.28 bits per heavy atom. The molecule has 1 atom stereocenters. The zero-order valence-corrected chi connectivity index (χ0v) is 10.9. The summed E-state index contributed by atoms with van der Waals surface area (Å²) in [6.07, 6.45) is 1.37. The lowest BCUT2D eigenvalue weighted by Gasteiger charge is -2.14. The SMILES string of the molecule is CCCC(Sc1nc(=O)c(=O)[nH]n1C)C(=O)NN. The number of nitrogens with one attached hydrogen (secondary N) is 2. The number of aromatic nitrogens is 3. The lowest BCUT2D eigenvalue weighted by atomic mass is 10.2. The number of aryl methyl sites for hydroxylation is 1. The van der Waals surface area contributed by atoms with E-state index in [1.165, 1.54) is 4.68 Å². The summed E-state index contributed by atoms with van der Waals surface area (Å²) in [4.78, 5) is 37.3. The van der Waals surface area contributed by atoms with Crippen LogP contribution in [0.1, 0.15) is 19.8 Å². The maximum atomic E-state index is 11.5. The average Bonchev–Trinajstić information content (AvgIpc) is 2.34. The smallest absolute Gasteiger partial charge is 0.293 e. The first-order chi connectivity index (χ1) is 8.49. The van der Waals surface area contributed by atoms with Gasteiger partial charge in [-0.05, 0) is 6.42 Å². The number of thioether (sulfide) groups is 1. The van der Waals surface area contributed by atoms with E-state index in [1.54, 1.807) is 7.05 Å². The summed E-state index contributed by atoms with van der Waals surface area (Å²) in [5.41, 5.74) is 0.399. The molecule has 18 heavy (non-hydrogen) atoms. The Kier molecular flexibility index (Phi) is 5.10. The third-order valence-corrected chi connectivity index (χ3v) is 3.49. The van der Waals surface area contributed by atoms with Crippen LogP contribution in [0.15, 0.2) is 14.7 Å². The van der Waals surface area contributed by atoms with E-state index in [1.807, 2.05) is 6.92 Å². The van der Waals surface area contributed by atoms with Crippen LogP contribution in [0.4, 0.5) is 0 Å². The van der Waals surface area contributed by atoms with Gasteiger partial charge >= 0.3 is 11.1 Å². The molecule has 1 rings (SSSR count). The quantitative estimate of drug-likeness (QED) is 0.202. The van der Waals surface area contributed by atoms with E-state index in [4.69, 9.17) is 5.84 Å². The molecular formula is C9H15N5O3S. The van der Waals surface area contributed by atoms with Gasteiger partial charge in [0, 0.05) is 7.05 Å². The van der Waals surface area contributed by atoms with Gasteiger partial charge in [-0.1, -0.05) is 25.1 Å². The van der Waals surface area contributed by atoms with E-state index in [0.29, 0.717) is 6.42 Å². The van der Waals surface area contributed by atoms with Crippen molar-refractivity contribution in [1.82, 2.24) is 20.2 Å². The summed E-state index contributed by atoms with van der Waals surface area (Å²) in [7, 11) is 1.54. The van der Waals surface area contributed by atoms with Crippen LogP contribution in [0.5, 0.6) is 0 Å². The second-order valence-electron chi connectivity index (χ2n) is 3.60. The number of hydrazine groups is 1. The van der Waals surface area contributed by atoms with Crippen LogP contribution in [0, 0.1) is 0 Å². The molecule has 1 aromatic rings. The number of carbonyl (C=O) groups excluding carboxylic acids is 1. The molecule has 0 aliphatic carbocycles. The molecule has 0 bridgehead atoms. The summed E-state index contributed by atoms with van der Waals surface area (Å²) in [5.74, 6) is 4.74. The Morgan fingerprint density at radius 1 is 1.61 bits per heavy atom. The summed E-state index contributed by atoms with van der Waals surface area (Å²) in [6, 6.07) is 0. The molecule has 0 fully saturated rings. The number of nitrogens with zero attached hydrogens (tertiary/aromatic N) is 2. The minimum Gasteiger partial charge on any atom is -0.293 e. The van der Waals surface area contributed by atoms with Gasteiger partial charge in [-0.15, -0.1) is 0 Å². The molecule has 0 aliphatic heterocycles. The first kappa shape index (κ1) is 14.5. The first-order valence-electron chi connectivity index (χ1n) is 5.34. The van der Waals surface area contributed by atoms with E-state index in [2.05, 4.69) is 15.5 Å². The number of hydrogen-bond donors (Lipinski definition) is 3. The number of amides is 1. The monoisotopic (exact) mass is 273 g/mol. The highest BCUT2D eigenvalue weighted by Gasteiger charge is 2.20. The van der Waals surface area contributed by atoms with Crippen molar-refractivity contribution in [2.45, 2.75) is 30.2 Å². The summed E-state index contributed by atoms with van der Waals surface area (Å²) >= 11 is 1.09. The van der Waals surface area contributed by atoms with E-state index < -0.39 is 16.4 Å². The number of nitrogens with two attached hydrogens (primary N) is 1. The Labute approximate surface area is 107 Å². The predicted octanol–water partition coefficient (Wildman–Crippen LogP) is -1.28. The zero-order chi connectivity index (χ0) is 13.7. The van der Waals surface area contributed by atoms with E-state index in [0.717, 1.165) is 18.2 Å². The summed E-state index contributed by atoms with van der Waals surface area (Å²) < 4.78 is 1.31. The fourth-order valence-electron chi connectivity index (χ4n) is 1.29. The molecule has 0 radical (unpaired) electrons. The lowest BCUT2D eigenvalue weighted by Crippen LogP contribution is -2.39. The highest BCUT2D eigenvalue weighted by Crippen LogP contribution is 2.22. The molecule has 4 N–H and O–H groups in total. The van der Waals surface area contributed by atoms with Crippen LogP contribution in [0.2, 0.25) is 0 Å². The second-order valence-corrected chi connectivity index (χ2v) is 4.77. The highest BCUT2D eigenvalue weighted by molar-refractivity contribution is 8.00. The number of H-pyrrole nitrogens is 1. The average molecular weight is 273 g/mol. The summed E-state index contributed by atoms with van der Waals surface area (Å²) in [5, 5.41) is 2.12. The maximum Gasteiger partial charge on any atom is 0.339 e. The third kappa shape index (κ3) is 3.44. The van der Waals surface area contributed by atoms with Crippen molar-refractivity contribution < 1.29 is 4.79 Å². The molecule has 1 amide bonds. The molecule has 8 nitrogen and oxygen atoms in total. The van der Waals surface area contributed by atoms with Crippen LogP contribution in [0.25, 0.3) is 0 Å². The van der Waals surface area contributed by atoms with Gasteiger partial charge in [0.1, 0.15) is 0 Å². The lowest BCUT2D eigenvalue weighted by molar-refractivity contribution is -0.120. The Morgan fingerprint density at radius 3 is 2.83 bits per heavy atom. The van der Waals surface area contributed by atoms with Gasteiger partial charge in [-0.2, -0.15) is 4.98 Å². The normalized spacial score (nSPS) is 12.2. The molecular weight excluding hydrogens is 258 g/mol. The van der Waals surface area contributed by atoms with Crippen LogP contribution in [-0.2, 0) is 11.8 Å². The van der Waals surface area contributed by atoms with Crippen LogP contribution >= 0.6 is 11.8 Å². The minimum absolute atomic E-state index is 0.265. The Hall–Kier alpha value is -1.61. The zero-order valence-electron chi connectivity index (χ0n) is 10.1. The van der Waals surface area contributed by atoms with Crippen molar-refractivity contribution >= 4 is 17.7 Å². The fraction of sp³-hybridized carbons (Fsp3) is 0.556. The van der Waals surface area contributed by atoms with Crippen LogP contribution in [0.3, 0.4) is 0 Å². The van der Waals surface area contributed by atoms with Gasteiger partial charge in [0.05, 0.1) is 5.25 Å². The number of hydrogen-bond acceptors (Lipinski definition) is 6. The molecule has 0 saturated carbocycles. The topological polar surface area (TPSA) is 123 Å².